The molecule has 0 aromatic heterocycles. The van der Waals surface area contributed by atoms with Crippen LogP contribution in [0, 0.1) is 0 Å². The second kappa shape index (κ2) is 6.41. The Bertz CT molecular complexity index is 1120. The molecule has 0 fully saturated rings. The minimum absolute atomic E-state index is 0.165. The molecule has 6 heteroatoms. The molecule has 27 heavy (non-hydrogen) atoms. The highest BCUT2D eigenvalue weighted by molar-refractivity contribution is 7.80. The number of nitrogens with one attached hydrogen (secondary N) is 1. The summed E-state index contributed by atoms with van der Waals surface area (Å²) in [7, 11) is 0. The second-order valence-corrected chi connectivity index (χ2v) is 6.66. The number of nitrogen functional groups attached to an aromatic ring is 1. The fraction of sp³-hybridized carbons (Fsp3) is 0. The fourth-order valence-electron chi connectivity index (χ4n) is 3.20. The van der Waals surface area contributed by atoms with Crippen LogP contribution in [0.1, 0.15) is 42.2 Å². The van der Waals surface area contributed by atoms with Gasteiger partial charge in [-0.05, 0) is 30.3 Å². The fourth-order valence-corrected chi connectivity index (χ4v) is 3.44. The zero-order valence-corrected chi connectivity index (χ0v) is 14.9. The number of anilines is 3. The lowest BCUT2D eigenvalue weighted by Gasteiger charge is -2.23. The van der Waals surface area contributed by atoms with Crippen LogP contribution in [-0.4, -0.2) is 17.9 Å². The smallest absolute Gasteiger partial charge is 0.196 e. The van der Waals surface area contributed by atoms with Crippen LogP contribution in [0.2, 0.25) is 0 Å². The highest BCUT2D eigenvalue weighted by Crippen LogP contribution is 2.39. The first-order valence-corrected chi connectivity index (χ1v) is 8.62. The molecule has 1 aliphatic rings. The third-order valence-corrected chi connectivity index (χ3v) is 4.91. The number of carbonyl (C=O) groups is 3. The van der Waals surface area contributed by atoms with E-state index in [2.05, 4.69) is 17.9 Å². The monoisotopic (exact) mass is 374 g/mol. The average molecular weight is 374 g/mol. The van der Waals surface area contributed by atoms with Crippen LogP contribution >= 0.6 is 12.6 Å². The number of benzene rings is 3. The zero-order chi connectivity index (χ0) is 19.1. The van der Waals surface area contributed by atoms with Gasteiger partial charge >= 0.3 is 0 Å². The van der Waals surface area contributed by atoms with Gasteiger partial charge in [0.1, 0.15) is 6.29 Å². The van der Waals surface area contributed by atoms with Crippen molar-refractivity contribution < 1.29 is 14.4 Å². The third-order valence-electron chi connectivity index (χ3n) is 4.54. The second-order valence-electron chi connectivity index (χ2n) is 6.18. The van der Waals surface area contributed by atoms with Crippen molar-refractivity contribution in [2.24, 2.45) is 0 Å². The molecule has 0 heterocycles. The quantitative estimate of drug-likeness (QED) is 0.288. The standard InChI is InChI=1S/C21H14N2O3S/c22-19-16(27)9-15(23-12-7-5-11(10-24)6-8-12)17-18(19)21(26)14-4-2-1-3-13(14)20(17)25/h1-10,23,27H,22H2. The normalized spacial score (nSPS) is 12.3. The highest BCUT2D eigenvalue weighted by atomic mass is 32.1. The van der Waals surface area contributed by atoms with E-state index in [-0.39, 0.29) is 28.4 Å². The summed E-state index contributed by atoms with van der Waals surface area (Å²) in [6.07, 6.45) is 0.750. The van der Waals surface area contributed by atoms with Gasteiger partial charge in [-0.25, -0.2) is 0 Å². The summed E-state index contributed by atoms with van der Waals surface area (Å²) in [6, 6.07) is 15.1. The first-order chi connectivity index (χ1) is 13.0. The van der Waals surface area contributed by atoms with Crippen LogP contribution in [0.3, 0.4) is 0 Å². The SMILES string of the molecule is Nc1c(S)cc(Nc2ccc(C=O)cc2)c2c1C(=O)c1ccccc1C2=O. The van der Waals surface area contributed by atoms with Crippen LogP contribution in [0.15, 0.2) is 59.5 Å². The topological polar surface area (TPSA) is 89.3 Å². The number of aldehydes is 1. The van der Waals surface area contributed by atoms with Gasteiger partial charge in [0.15, 0.2) is 11.6 Å². The summed E-state index contributed by atoms with van der Waals surface area (Å²) in [6.45, 7) is 0. The van der Waals surface area contributed by atoms with Crippen molar-refractivity contribution in [2.75, 3.05) is 11.1 Å². The Kier molecular flexibility index (Phi) is 4.05. The van der Waals surface area contributed by atoms with Gasteiger partial charge in [0.05, 0.1) is 22.5 Å². The molecular weight excluding hydrogens is 360 g/mol. The molecule has 1 aliphatic carbocycles. The minimum atomic E-state index is -0.298. The van der Waals surface area contributed by atoms with Gasteiger partial charge in [-0.15, -0.1) is 12.6 Å². The number of hydrogen-bond acceptors (Lipinski definition) is 6. The summed E-state index contributed by atoms with van der Waals surface area (Å²) in [5.74, 6) is -0.569. The van der Waals surface area contributed by atoms with E-state index in [9.17, 15) is 14.4 Å². The summed E-state index contributed by atoms with van der Waals surface area (Å²) in [4.78, 5) is 37.3. The maximum atomic E-state index is 13.1. The molecule has 4 rings (SSSR count). The predicted molar refractivity (Wildman–Crippen MR) is 107 cm³/mol. The predicted octanol–water partition coefficient (Wildman–Crippen LogP) is 3.89. The first kappa shape index (κ1) is 17.1. The van der Waals surface area contributed by atoms with Crippen LogP contribution in [-0.2, 0) is 0 Å². The first-order valence-electron chi connectivity index (χ1n) is 8.17. The zero-order valence-electron chi connectivity index (χ0n) is 14.0. The Morgan fingerprint density at radius 1 is 0.889 bits per heavy atom. The highest BCUT2D eigenvalue weighted by Gasteiger charge is 2.34. The Balaban J connectivity index is 1.89. The molecule has 0 saturated heterocycles. The van der Waals surface area contributed by atoms with Crippen LogP contribution in [0.5, 0.6) is 0 Å². The number of nitrogens with two attached hydrogens (primary N) is 1. The lowest BCUT2D eigenvalue weighted by Crippen LogP contribution is -2.24. The summed E-state index contributed by atoms with van der Waals surface area (Å²) >= 11 is 4.36. The average Bonchev–Trinajstić information content (AvgIpc) is 2.69. The van der Waals surface area contributed by atoms with Gasteiger partial charge < -0.3 is 11.1 Å². The Hall–Kier alpha value is -3.38. The van der Waals surface area contributed by atoms with Gasteiger partial charge in [-0.1, -0.05) is 24.3 Å². The number of thiol groups is 1. The van der Waals surface area contributed by atoms with Crippen molar-refractivity contribution in [1.29, 1.82) is 0 Å². The molecule has 0 bridgehead atoms. The van der Waals surface area contributed by atoms with Crippen LogP contribution in [0.4, 0.5) is 17.1 Å². The molecule has 5 nitrogen and oxygen atoms in total. The molecule has 132 valence electrons. The maximum Gasteiger partial charge on any atom is 0.196 e. The number of hydrogen-bond donors (Lipinski definition) is 3. The number of ketones is 2. The van der Waals surface area contributed by atoms with Crippen LogP contribution < -0.4 is 11.1 Å². The summed E-state index contributed by atoms with van der Waals surface area (Å²) < 4.78 is 0. The van der Waals surface area contributed by atoms with Crippen LogP contribution in [0.25, 0.3) is 0 Å². The van der Waals surface area contributed by atoms with E-state index < -0.39 is 0 Å². The molecule has 3 aromatic rings. The van der Waals surface area contributed by atoms with E-state index in [4.69, 9.17) is 5.73 Å². The Morgan fingerprint density at radius 3 is 2.07 bits per heavy atom. The Labute approximate surface area is 160 Å². The van der Waals surface area contributed by atoms with Gasteiger partial charge in [0, 0.05) is 27.3 Å². The Morgan fingerprint density at radius 2 is 1.48 bits per heavy atom. The maximum absolute atomic E-state index is 13.1. The molecule has 0 radical (unpaired) electrons. The van der Waals surface area contributed by atoms with Crippen molar-refractivity contribution in [3.63, 3.8) is 0 Å². The van der Waals surface area contributed by atoms with Gasteiger partial charge in [-0.3, -0.25) is 14.4 Å². The summed E-state index contributed by atoms with van der Waals surface area (Å²) in [5, 5.41) is 3.14. The van der Waals surface area contributed by atoms with E-state index in [0.29, 0.717) is 33.0 Å². The van der Waals surface area contributed by atoms with Crippen molar-refractivity contribution in [3.8, 4) is 0 Å². The number of fused-ring (bicyclic) bond motifs is 2. The van der Waals surface area contributed by atoms with E-state index in [1.807, 2.05) is 0 Å². The van der Waals surface area contributed by atoms with E-state index >= 15 is 0 Å². The lowest BCUT2D eigenvalue weighted by atomic mass is 9.82. The molecular formula is C21H14N2O3S. The van der Waals surface area contributed by atoms with Crippen molar-refractivity contribution >= 4 is 47.5 Å². The molecule has 0 spiro atoms. The largest absolute Gasteiger partial charge is 0.397 e. The van der Waals surface area contributed by atoms with E-state index in [1.54, 1.807) is 54.6 Å². The molecule has 0 unspecified atom stereocenters. The summed E-state index contributed by atoms with van der Waals surface area (Å²) in [5.41, 5.74) is 9.00. The molecule has 3 N–H and O–H groups in total. The van der Waals surface area contributed by atoms with Gasteiger partial charge in [-0.2, -0.15) is 0 Å². The van der Waals surface area contributed by atoms with Crippen molar-refractivity contribution in [3.05, 3.63) is 82.4 Å². The molecule has 0 atom stereocenters. The number of rotatable bonds is 3. The lowest BCUT2D eigenvalue weighted by molar-refractivity contribution is 0.0980. The number of carbonyl (C=O) groups excluding carboxylic acids is 3. The molecule has 0 amide bonds. The molecule has 0 saturated carbocycles. The van der Waals surface area contributed by atoms with Gasteiger partial charge in [0.25, 0.3) is 0 Å². The van der Waals surface area contributed by atoms with E-state index in [0.717, 1.165) is 6.29 Å². The van der Waals surface area contributed by atoms with Gasteiger partial charge in [0.2, 0.25) is 0 Å². The van der Waals surface area contributed by atoms with E-state index in [1.165, 1.54) is 0 Å². The molecule has 0 aliphatic heterocycles. The minimum Gasteiger partial charge on any atom is -0.397 e. The van der Waals surface area contributed by atoms with Crippen molar-refractivity contribution in [2.45, 2.75) is 4.90 Å². The third kappa shape index (κ3) is 2.71. The molecule has 3 aromatic carbocycles. The van der Waals surface area contributed by atoms with Crippen molar-refractivity contribution in [1.82, 2.24) is 0 Å².